The molecule has 5 rings (SSSR count). The first kappa shape index (κ1) is 22.0. The summed E-state index contributed by atoms with van der Waals surface area (Å²) in [6, 6.07) is 4.22. The van der Waals surface area contributed by atoms with Crippen LogP contribution in [0.1, 0.15) is 54.4 Å². The number of aromatic amines is 2. The number of H-pyrrole nitrogens is 2. The van der Waals surface area contributed by atoms with Gasteiger partial charge in [-0.15, -0.1) is 10.2 Å². The van der Waals surface area contributed by atoms with Gasteiger partial charge in [0.25, 0.3) is 0 Å². The van der Waals surface area contributed by atoms with E-state index in [9.17, 15) is 4.79 Å². The van der Waals surface area contributed by atoms with Crippen LogP contribution in [0.3, 0.4) is 0 Å². The lowest BCUT2D eigenvalue weighted by Crippen LogP contribution is -2.52. The lowest BCUT2D eigenvalue weighted by Gasteiger charge is -2.42. The highest BCUT2D eigenvalue weighted by molar-refractivity contribution is 5.84. The largest absolute Gasteiger partial charge is 0.341 e. The fraction of sp³-hybridized carbons (Fsp3) is 0.583. The van der Waals surface area contributed by atoms with Crippen LogP contribution in [0.5, 0.6) is 0 Å². The van der Waals surface area contributed by atoms with Crippen LogP contribution in [-0.2, 0) is 11.2 Å². The number of nitrogens with two attached hydrogens (primary N) is 1. The second-order valence-corrected chi connectivity index (χ2v) is 9.72. The maximum absolute atomic E-state index is 13.0. The van der Waals surface area contributed by atoms with E-state index in [4.69, 9.17) is 5.73 Å². The maximum Gasteiger partial charge on any atom is 0.239 e. The number of rotatable bonds is 5. The van der Waals surface area contributed by atoms with Crippen molar-refractivity contribution >= 4 is 16.8 Å². The second-order valence-electron chi connectivity index (χ2n) is 9.72. The van der Waals surface area contributed by atoms with E-state index in [2.05, 4.69) is 49.3 Å². The summed E-state index contributed by atoms with van der Waals surface area (Å²) in [7, 11) is 0. The molecule has 2 fully saturated rings. The summed E-state index contributed by atoms with van der Waals surface area (Å²) >= 11 is 0. The molecule has 4 N–H and O–H groups in total. The number of amides is 1. The van der Waals surface area contributed by atoms with Crippen LogP contribution >= 0.6 is 0 Å². The minimum Gasteiger partial charge on any atom is -0.341 e. The molecule has 0 spiro atoms. The number of aryl methyl sites for hydroxylation is 2. The molecule has 3 aromatic rings. The molecule has 1 amide bonds. The predicted molar refractivity (Wildman–Crippen MR) is 127 cm³/mol. The van der Waals surface area contributed by atoms with E-state index in [0.29, 0.717) is 18.4 Å². The average Bonchev–Trinajstić information content (AvgIpc) is 3.48. The summed E-state index contributed by atoms with van der Waals surface area (Å²) in [5.74, 6) is 2.47. The number of nitrogens with zero attached hydrogens (tertiary/aromatic N) is 5. The fourth-order valence-corrected chi connectivity index (χ4v) is 5.54. The summed E-state index contributed by atoms with van der Waals surface area (Å²) in [4.78, 5) is 20.9. The first-order valence-corrected chi connectivity index (χ1v) is 12.1. The molecule has 33 heavy (non-hydrogen) atoms. The van der Waals surface area contributed by atoms with Crippen molar-refractivity contribution in [1.29, 1.82) is 0 Å². The Labute approximate surface area is 194 Å². The summed E-state index contributed by atoms with van der Waals surface area (Å²) in [5, 5.41) is 16.6. The van der Waals surface area contributed by atoms with Crippen molar-refractivity contribution < 1.29 is 4.79 Å². The van der Waals surface area contributed by atoms with Gasteiger partial charge in [-0.2, -0.15) is 5.10 Å². The number of piperidine rings is 2. The molecule has 2 saturated heterocycles. The number of nitrogens with one attached hydrogen (secondary N) is 2. The molecule has 1 atom stereocenters. The minimum absolute atomic E-state index is 0.0674. The van der Waals surface area contributed by atoms with Crippen LogP contribution in [0.15, 0.2) is 18.3 Å². The highest BCUT2D eigenvalue weighted by Crippen LogP contribution is 2.29. The van der Waals surface area contributed by atoms with Crippen molar-refractivity contribution in [3.63, 3.8) is 0 Å². The zero-order valence-electron chi connectivity index (χ0n) is 19.5. The molecular formula is C24H34N8O. The van der Waals surface area contributed by atoms with Gasteiger partial charge in [0.15, 0.2) is 0 Å². The standard InChI is InChI=1S/C24H34N8O/c1-15-11-17(12-19-14-26-29-22(15)19)13-21(25)24(33)32-9-5-20(6-10-32)31-7-3-18(4-8-31)23-27-16(2)28-30-23/h11-12,14,18,20-21H,3-10,13,25H2,1-2H3,(H,26,29)(H,27,28,30). The van der Waals surface area contributed by atoms with E-state index in [1.54, 1.807) is 0 Å². The van der Waals surface area contributed by atoms with Gasteiger partial charge in [0.1, 0.15) is 11.6 Å². The molecule has 2 aromatic heterocycles. The Kier molecular flexibility index (Phi) is 6.16. The van der Waals surface area contributed by atoms with Crippen LogP contribution in [-0.4, -0.2) is 79.3 Å². The van der Waals surface area contributed by atoms with E-state index in [-0.39, 0.29) is 5.91 Å². The van der Waals surface area contributed by atoms with Gasteiger partial charge in [-0.1, -0.05) is 6.07 Å². The summed E-state index contributed by atoms with van der Waals surface area (Å²) in [6.07, 6.45) is 6.63. The third-order valence-corrected chi connectivity index (χ3v) is 7.40. The summed E-state index contributed by atoms with van der Waals surface area (Å²) in [5.41, 5.74) is 9.62. The van der Waals surface area contributed by atoms with Gasteiger partial charge in [-0.05, 0) is 76.2 Å². The molecule has 0 radical (unpaired) electrons. The van der Waals surface area contributed by atoms with E-state index in [0.717, 1.165) is 85.5 Å². The first-order chi connectivity index (χ1) is 16.0. The first-order valence-electron chi connectivity index (χ1n) is 12.1. The summed E-state index contributed by atoms with van der Waals surface area (Å²) < 4.78 is 0. The Morgan fingerprint density at radius 2 is 1.88 bits per heavy atom. The Balaban J connectivity index is 1.11. The van der Waals surface area contributed by atoms with Crippen molar-refractivity contribution in [1.82, 2.24) is 35.2 Å². The number of benzene rings is 1. The van der Waals surface area contributed by atoms with Crippen LogP contribution in [0.25, 0.3) is 10.9 Å². The average molecular weight is 451 g/mol. The smallest absolute Gasteiger partial charge is 0.239 e. The third-order valence-electron chi connectivity index (χ3n) is 7.40. The number of aromatic nitrogens is 5. The number of carbonyl (C=O) groups is 1. The Hall–Kier alpha value is -2.78. The molecule has 2 aliphatic rings. The summed E-state index contributed by atoms with van der Waals surface area (Å²) in [6.45, 7) is 7.75. The Morgan fingerprint density at radius 3 is 2.58 bits per heavy atom. The highest BCUT2D eigenvalue weighted by Gasteiger charge is 2.32. The topological polar surface area (TPSA) is 120 Å². The van der Waals surface area contributed by atoms with Crippen molar-refractivity contribution in [2.75, 3.05) is 26.2 Å². The van der Waals surface area contributed by atoms with Crippen molar-refractivity contribution in [3.8, 4) is 0 Å². The lowest BCUT2D eigenvalue weighted by molar-refractivity contribution is -0.134. The zero-order chi connectivity index (χ0) is 22.9. The number of carbonyl (C=O) groups excluding carboxylic acids is 1. The van der Waals surface area contributed by atoms with Crippen molar-refractivity contribution in [2.24, 2.45) is 5.73 Å². The van der Waals surface area contributed by atoms with Gasteiger partial charge in [0.05, 0.1) is 17.8 Å². The van der Waals surface area contributed by atoms with E-state index < -0.39 is 6.04 Å². The van der Waals surface area contributed by atoms with E-state index >= 15 is 0 Å². The minimum atomic E-state index is -0.508. The second kappa shape index (κ2) is 9.23. The zero-order valence-corrected chi connectivity index (χ0v) is 19.5. The van der Waals surface area contributed by atoms with Gasteiger partial charge in [0.2, 0.25) is 5.91 Å². The third kappa shape index (κ3) is 4.65. The molecule has 1 unspecified atom stereocenters. The molecule has 9 nitrogen and oxygen atoms in total. The van der Waals surface area contributed by atoms with Gasteiger partial charge in [-0.25, -0.2) is 0 Å². The van der Waals surface area contributed by atoms with Gasteiger partial charge >= 0.3 is 0 Å². The molecule has 176 valence electrons. The normalized spacial score (nSPS) is 19.9. The maximum atomic E-state index is 13.0. The molecule has 2 aliphatic heterocycles. The quantitative estimate of drug-likeness (QED) is 0.547. The SMILES string of the molecule is Cc1nnc(C2CCN(C3CCN(C(=O)C(N)Cc4cc(C)c5[nH]ncc5c4)CC3)CC2)[nH]1. The monoisotopic (exact) mass is 450 g/mol. The molecule has 4 heterocycles. The van der Waals surface area contributed by atoms with Crippen molar-refractivity contribution in [3.05, 3.63) is 41.1 Å². The van der Waals surface area contributed by atoms with E-state index in [1.807, 2.05) is 18.0 Å². The van der Waals surface area contributed by atoms with Gasteiger partial charge in [0, 0.05) is 30.4 Å². The fourth-order valence-electron chi connectivity index (χ4n) is 5.54. The number of hydrogen-bond donors (Lipinski definition) is 3. The predicted octanol–water partition coefficient (Wildman–Crippen LogP) is 2.04. The number of hydrogen-bond acceptors (Lipinski definition) is 6. The number of likely N-dealkylation sites (tertiary alicyclic amines) is 2. The highest BCUT2D eigenvalue weighted by atomic mass is 16.2. The van der Waals surface area contributed by atoms with E-state index in [1.165, 1.54) is 0 Å². The number of fused-ring (bicyclic) bond motifs is 1. The van der Waals surface area contributed by atoms with Gasteiger partial charge in [-0.3, -0.25) is 9.89 Å². The van der Waals surface area contributed by atoms with Gasteiger partial charge < -0.3 is 20.5 Å². The Bertz CT molecular complexity index is 1100. The molecule has 9 heteroatoms. The molecule has 0 bridgehead atoms. The molecule has 1 aromatic carbocycles. The lowest BCUT2D eigenvalue weighted by atomic mass is 9.92. The molecule has 0 aliphatic carbocycles. The van der Waals surface area contributed by atoms with Crippen molar-refractivity contribution in [2.45, 2.75) is 64.0 Å². The van der Waals surface area contributed by atoms with Crippen LogP contribution < -0.4 is 5.73 Å². The van der Waals surface area contributed by atoms with Crippen LogP contribution in [0.4, 0.5) is 0 Å². The van der Waals surface area contributed by atoms with Crippen LogP contribution in [0.2, 0.25) is 0 Å². The molecular weight excluding hydrogens is 416 g/mol. The Morgan fingerprint density at radius 1 is 1.12 bits per heavy atom. The molecule has 0 saturated carbocycles. The van der Waals surface area contributed by atoms with Crippen LogP contribution in [0, 0.1) is 13.8 Å².